The SMILES string of the molecule is O=C(Cn1ccc(C(F)(F)F)n1)OCCc1cc2cc(Br)ccc2o1. The van der Waals surface area contributed by atoms with Gasteiger partial charge in [-0.15, -0.1) is 0 Å². The number of fused-ring (bicyclic) bond motifs is 1. The van der Waals surface area contributed by atoms with Crippen LogP contribution in [0.4, 0.5) is 13.2 Å². The molecular formula is C16H12BrF3N2O3. The van der Waals surface area contributed by atoms with Gasteiger partial charge >= 0.3 is 12.1 Å². The first-order valence-corrected chi connectivity index (χ1v) is 8.05. The molecule has 0 atom stereocenters. The Bertz CT molecular complexity index is 902. The number of esters is 1. The summed E-state index contributed by atoms with van der Waals surface area (Å²) in [6, 6.07) is 8.24. The van der Waals surface area contributed by atoms with Gasteiger partial charge in [0.1, 0.15) is 17.9 Å². The molecule has 3 aromatic rings. The minimum Gasteiger partial charge on any atom is -0.464 e. The lowest BCUT2D eigenvalue weighted by Gasteiger charge is -2.04. The molecule has 9 heteroatoms. The van der Waals surface area contributed by atoms with Gasteiger partial charge in [-0.05, 0) is 30.3 Å². The van der Waals surface area contributed by atoms with Gasteiger partial charge < -0.3 is 9.15 Å². The van der Waals surface area contributed by atoms with Crippen molar-refractivity contribution in [2.24, 2.45) is 0 Å². The molecule has 0 radical (unpaired) electrons. The quantitative estimate of drug-likeness (QED) is 0.585. The lowest BCUT2D eigenvalue weighted by atomic mass is 10.2. The van der Waals surface area contributed by atoms with E-state index in [2.05, 4.69) is 21.0 Å². The Labute approximate surface area is 148 Å². The molecule has 0 aliphatic rings. The third-order valence-electron chi connectivity index (χ3n) is 3.36. The van der Waals surface area contributed by atoms with Crippen molar-refractivity contribution >= 4 is 32.9 Å². The number of furan rings is 1. The lowest BCUT2D eigenvalue weighted by molar-refractivity contribution is -0.146. The number of aromatic nitrogens is 2. The largest absolute Gasteiger partial charge is 0.464 e. The van der Waals surface area contributed by atoms with E-state index in [1.807, 2.05) is 24.3 Å². The van der Waals surface area contributed by atoms with Crippen LogP contribution >= 0.6 is 15.9 Å². The Morgan fingerprint density at radius 1 is 1.28 bits per heavy atom. The molecule has 0 saturated heterocycles. The molecule has 0 bridgehead atoms. The highest BCUT2D eigenvalue weighted by Crippen LogP contribution is 2.27. The zero-order chi connectivity index (χ0) is 18.0. The van der Waals surface area contributed by atoms with E-state index in [1.54, 1.807) is 0 Å². The highest BCUT2D eigenvalue weighted by atomic mass is 79.9. The molecule has 2 aromatic heterocycles. The van der Waals surface area contributed by atoms with Gasteiger partial charge in [0.25, 0.3) is 0 Å². The predicted octanol–water partition coefficient (Wildman–Crippen LogP) is 4.20. The van der Waals surface area contributed by atoms with Gasteiger partial charge in [-0.3, -0.25) is 9.48 Å². The third kappa shape index (κ3) is 4.41. The van der Waals surface area contributed by atoms with Crippen molar-refractivity contribution in [2.75, 3.05) is 6.61 Å². The second kappa shape index (κ2) is 6.91. The van der Waals surface area contributed by atoms with E-state index >= 15 is 0 Å². The zero-order valence-electron chi connectivity index (χ0n) is 12.7. The van der Waals surface area contributed by atoms with Crippen molar-refractivity contribution in [1.29, 1.82) is 0 Å². The standard InChI is InChI=1S/C16H12BrF3N2O3/c17-11-1-2-13-10(7-11)8-12(25-13)4-6-24-15(23)9-22-5-3-14(21-22)16(18,19)20/h1-3,5,7-8H,4,6,9H2. The van der Waals surface area contributed by atoms with Crippen LogP contribution in [0, 0.1) is 0 Å². The minimum absolute atomic E-state index is 0.0627. The van der Waals surface area contributed by atoms with Gasteiger partial charge in [-0.2, -0.15) is 18.3 Å². The summed E-state index contributed by atoms with van der Waals surface area (Å²) in [5, 5.41) is 4.22. The first-order chi connectivity index (χ1) is 11.8. The monoisotopic (exact) mass is 416 g/mol. The minimum atomic E-state index is -4.54. The number of alkyl halides is 3. The van der Waals surface area contributed by atoms with Gasteiger partial charge in [-0.25, -0.2) is 0 Å². The Kier molecular flexibility index (Phi) is 4.85. The Morgan fingerprint density at radius 2 is 2.08 bits per heavy atom. The van der Waals surface area contributed by atoms with Crippen molar-refractivity contribution in [1.82, 2.24) is 9.78 Å². The molecule has 0 fully saturated rings. The zero-order valence-corrected chi connectivity index (χ0v) is 14.3. The van der Waals surface area contributed by atoms with Crippen LogP contribution in [-0.4, -0.2) is 22.4 Å². The summed E-state index contributed by atoms with van der Waals surface area (Å²) in [5.41, 5.74) is -0.325. The third-order valence-corrected chi connectivity index (χ3v) is 3.86. The van der Waals surface area contributed by atoms with Gasteiger partial charge in [0.05, 0.1) is 6.61 Å². The maximum absolute atomic E-state index is 12.4. The molecule has 0 amide bonds. The smallest absolute Gasteiger partial charge is 0.435 e. The van der Waals surface area contributed by atoms with Crippen LogP contribution in [0.1, 0.15) is 11.5 Å². The highest BCUT2D eigenvalue weighted by molar-refractivity contribution is 9.10. The maximum atomic E-state index is 12.4. The average molecular weight is 417 g/mol. The molecule has 0 saturated carbocycles. The molecule has 0 aliphatic heterocycles. The Hall–Kier alpha value is -2.29. The van der Waals surface area contributed by atoms with Crippen LogP contribution in [0.2, 0.25) is 0 Å². The number of benzene rings is 1. The van der Waals surface area contributed by atoms with Crippen molar-refractivity contribution in [2.45, 2.75) is 19.1 Å². The first kappa shape index (κ1) is 17.5. The van der Waals surface area contributed by atoms with E-state index in [0.717, 1.165) is 32.4 Å². The molecule has 1 aromatic carbocycles. The van der Waals surface area contributed by atoms with Gasteiger partial charge in [0.2, 0.25) is 0 Å². The number of hydrogen-bond donors (Lipinski definition) is 0. The summed E-state index contributed by atoms with van der Waals surface area (Å²) >= 11 is 3.37. The average Bonchev–Trinajstić information content (AvgIpc) is 3.12. The lowest BCUT2D eigenvalue weighted by Crippen LogP contribution is -2.16. The molecule has 25 heavy (non-hydrogen) atoms. The van der Waals surface area contributed by atoms with Crippen LogP contribution in [0.5, 0.6) is 0 Å². The second-order valence-electron chi connectivity index (χ2n) is 5.26. The predicted molar refractivity (Wildman–Crippen MR) is 85.8 cm³/mol. The van der Waals surface area contributed by atoms with Crippen LogP contribution in [0.25, 0.3) is 11.0 Å². The molecule has 5 nitrogen and oxygen atoms in total. The second-order valence-corrected chi connectivity index (χ2v) is 6.18. The number of rotatable bonds is 5. The number of hydrogen-bond acceptors (Lipinski definition) is 4. The normalized spacial score (nSPS) is 11.8. The Morgan fingerprint density at radius 3 is 2.80 bits per heavy atom. The topological polar surface area (TPSA) is 57.3 Å². The molecule has 2 heterocycles. The van der Waals surface area contributed by atoms with Crippen molar-refractivity contribution in [3.63, 3.8) is 0 Å². The number of carbonyl (C=O) groups excluding carboxylic acids is 1. The molecule has 0 N–H and O–H groups in total. The number of halogens is 4. The van der Waals surface area contributed by atoms with Crippen LogP contribution in [0.3, 0.4) is 0 Å². The van der Waals surface area contributed by atoms with Crippen molar-refractivity contribution < 1.29 is 27.1 Å². The van der Waals surface area contributed by atoms with Gasteiger partial charge in [0.15, 0.2) is 5.69 Å². The van der Waals surface area contributed by atoms with E-state index in [4.69, 9.17) is 9.15 Å². The summed E-state index contributed by atoms with van der Waals surface area (Å²) in [6.45, 7) is -0.323. The summed E-state index contributed by atoms with van der Waals surface area (Å²) in [4.78, 5) is 11.7. The molecule has 3 rings (SSSR count). The van der Waals surface area contributed by atoms with Gasteiger partial charge in [-0.1, -0.05) is 15.9 Å². The number of nitrogens with zero attached hydrogens (tertiary/aromatic N) is 2. The first-order valence-electron chi connectivity index (χ1n) is 7.25. The van der Waals surface area contributed by atoms with E-state index < -0.39 is 17.8 Å². The highest BCUT2D eigenvalue weighted by Gasteiger charge is 2.33. The van der Waals surface area contributed by atoms with Gasteiger partial charge in [0, 0.05) is 22.5 Å². The fraction of sp³-hybridized carbons (Fsp3) is 0.250. The summed E-state index contributed by atoms with van der Waals surface area (Å²) in [6.07, 6.45) is -3.09. The summed E-state index contributed by atoms with van der Waals surface area (Å²) in [7, 11) is 0. The Balaban J connectivity index is 1.51. The number of carbonyl (C=O) groups is 1. The maximum Gasteiger partial charge on any atom is 0.435 e. The van der Waals surface area contributed by atoms with E-state index in [0.29, 0.717) is 12.2 Å². The molecular weight excluding hydrogens is 405 g/mol. The fourth-order valence-electron chi connectivity index (χ4n) is 2.24. The van der Waals surface area contributed by atoms with Crippen LogP contribution in [-0.2, 0) is 28.7 Å². The van der Waals surface area contributed by atoms with Crippen LogP contribution in [0.15, 0.2) is 45.4 Å². The number of ether oxygens (including phenoxy) is 1. The van der Waals surface area contributed by atoms with Crippen molar-refractivity contribution in [3.05, 3.63) is 52.5 Å². The molecule has 0 spiro atoms. The molecule has 0 unspecified atom stereocenters. The van der Waals surface area contributed by atoms with Crippen molar-refractivity contribution in [3.8, 4) is 0 Å². The fourth-order valence-corrected chi connectivity index (χ4v) is 2.62. The van der Waals surface area contributed by atoms with Crippen LogP contribution < -0.4 is 0 Å². The summed E-state index contributed by atoms with van der Waals surface area (Å²) in [5.74, 6) is -0.0185. The molecule has 0 aliphatic carbocycles. The van der Waals surface area contributed by atoms with E-state index in [1.165, 1.54) is 0 Å². The van der Waals surface area contributed by atoms with E-state index in [9.17, 15) is 18.0 Å². The molecule has 132 valence electrons. The summed E-state index contributed by atoms with van der Waals surface area (Å²) < 4.78 is 49.8. The van der Waals surface area contributed by atoms with E-state index in [-0.39, 0.29) is 13.2 Å².